The van der Waals surface area contributed by atoms with E-state index in [2.05, 4.69) is 42.6 Å². The van der Waals surface area contributed by atoms with Gasteiger partial charge in [-0.2, -0.15) is 5.26 Å². The highest BCUT2D eigenvalue weighted by atomic mass is 14.8. The molecular weight excluding hydrogens is 184 g/mol. The van der Waals surface area contributed by atoms with Gasteiger partial charge in [0, 0.05) is 6.54 Å². The van der Waals surface area contributed by atoms with Gasteiger partial charge in [0.2, 0.25) is 0 Å². The summed E-state index contributed by atoms with van der Waals surface area (Å²) in [6, 6.07) is 10.8. The first-order valence-corrected chi connectivity index (χ1v) is 5.52. The van der Waals surface area contributed by atoms with E-state index in [4.69, 9.17) is 5.26 Å². The molecule has 0 heterocycles. The summed E-state index contributed by atoms with van der Waals surface area (Å²) < 4.78 is 0. The third-order valence-electron chi connectivity index (χ3n) is 2.36. The van der Waals surface area contributed by atoms with E-state index >= 15 is 0 Å². The van der Waals surface area contributed by atoms with Crippen molar-refractivity contribution >= 4 is 0 Å². The van der Waals surface area contributed by atoms with Crippen LogP contribution in [-0.4, -0.2) is 13.1 Å². The summed E-state index contributed by atoms with van der Waals surface area (Å²) in [6.07, 6.45) is 3.35. The maximum atomic E-state index is 8.35. The molecule has 80 valence electrons. The summed E-state index contributed by atoms with van der Waals surface area (Å²) in [7, 11) is 0. The van der Waals surface area contributed by atoms with Gasteiger partial charge in [-0.1, -0.05) is 37.6 Å². The Kier molecular flexibility index (Phi) is 5.50. The van der Waals surface area contributed by atoms with Crippen LogP contribution in [-0.2, 0) is 12.8 Å². The Balaban J connectivity index is 2.33. The summed E-state index contributed by atoms with van der Waals surface area (Å²) in [5, 5.41) is 11.4. The van der Waals surface area contributed by atoms with Gasteiger partial charge in [-0.15, -0.1) is 0 Å². The molecule has 1 aromatic carbocycles. The molecule has 0 aromatic heterocycles. The summed E-state index contributed by atoms with van der Waals surface area (Å²) in [6.45, 7) is 3.51. The van der Waals surface area contributed by atoms with Crippen molar-refractivity contribution in [2.75, 3.05) is 13.1 Å². The van der Waals surface area contributed by atoms with Gasteiger partial charge >= 0.3 is 0 Å². The molecule has 0 radical (unpaired) electrons. The number of nitriles is 1. The minimum Gasteiger partial charge on any atom is -0.304 e. The quantitative estimate of drug-likeness (QED) is 0.567. The molecule has 0 spiro atoms. The molecule has 0 aliphatic rings. The highest BCUT2D eigenvalue weighted by molar-refractivity contribution is 5.22. The molecule has 1 N–H and O–H groups in total. The first kappa shape index (κ1) is 11.7. The van der Waals surface area contributed by atoms with E-state index in [1.165, 1.54) is 17.5 Å². The standard InChI is InChI=1S/C13H18N2/c1-2-3-12-4-6-13(7-5-12)8-10-15-11-9-14/h4-7,15H,2-3,8,10-11H2,1H3. The summed E-state index contributed by atoms with van der Waals surface area (Å²) >= 11 is 0. The number of hydrogen-bond acceptors (Lipinski definition) is 2. The lowest BCUT2D eigenvalue weighted by molar-refractivity contribution is 0.749. The Morgan fingerprint density at radius 3 is 2.27 bits per heavy atom. The topological polar surface area (TPSA) is 35.8 Å². The van der Waals surface area contributed by atoms with Crippen LogP contribution in [0.15, 0.2) is 24.3 Å². The molecule has 0 saturated carbocycles. The Labute approximate surface area is 91.9 Å². The molecule has 2 nitrogen and oxygen atoms in total. The molecule has 15 heavy (non-hydrogen) atoms. The first-order valence-electron chi connectivity index (χ1n) is 5.52. The fraction of sp³-hybridized carbons (Fsp3) is 0.462. The molecule has 0 aliphatic heterocycles. The van der Waals surface area contributed by atoms with Gasteiger partial charge in [0.15, 0.2) is 0 Å². The molecule has 0 amide bonds. The molecule has 2 heteroatoms. The highest BCUT2D eigenvalue weighted by Gasteiger charge is 1.94. The van der Waals surface area contributed by atoms with Crippen LogP contribution in [0.25, 0.3) is 0 Å². The average Bonchev–Trinajstić information content (AvgIpc) is 2.27. The molecule has 0 atom stereocenters. The lowest BCUT2D eigenvalue weighted by atomic mass is 10.1. The van der Waals surface area contributed by atoms with Crippen molar-refractivity contribution in [3.8, 4) is 6.07 Å². The zero-order valence-corrected chi connectivity index (χ0v) is 9.29. The number of nitrogens with one attached hydrogen (secondary N) is 1. The molecule has 1 rings (SSSR count). The van der Waals surface area contributed by atoms with E-state index in [0.29, 0.717) is 6.54 Å². The van der Waals surface area contributed by atoms with Crippen molar-refractivity contribution in [1.82, 2.24) is 5.32 Å². The van der Waals surface area contributed by atoms with Gasteiger partial charge in [-0.3, -0.25) is 0 Å². The summed E-state index contributed by atoms with van der Waals surface area (Å²) in [5.74, 6) is 0. The molecule has 0 aliphatic carbocycles. The molecule has 0 unspecified atom stereocenters. The fourth-order valence-corrected chi connectivity index (χ4v) is 1.54. The lowest BCUT2D eigenvalue weighted by Crippen LogP contribution is -2.17. The number of nitrogens with zero attached hydrogens (tertiary/aromatic N) is 1. The van der Waals surface area contributed by atoms with Gasteiger partial charge in [0.05, 0.1) is 12.6 Å². The third kappa shape index (κ3) is 4.62. The largest absolute Gasteiger partial charge is 0.304 e. The third-order valence-corrected chi connectivity index (χ3v) is 2.36. The monoisotopic (exact) mass is 202 g/mol. The van der Waals surface area contributed by atoms with Crippen molar-refractivity contribution in [2.45, 2.75) is 26.2 Å². The van der Waals surface area contributed by atoms with Crippen LogP contribution in [0.4, 0.5) is 0 Å². The Morgan fingerprint density at radius 2 is 1.73 bits per heavy atom. The van der Waals surface area contributed by atoms with E-state index in [-0.39, 0.29) is 0 Å². The molecular formula is C13H18N2. The Bertz CT molecular complexity index is 308. The van der Waals surface area contributed by atoms with Gasteiger partial charge in [0.25, 0.3) is 0 Å². The van der Waals surface area contributed by atoms with Crippen LogP contribution in [0.5, 0.6) is 0 Å². The lowest BCUT2D eigenvalue weighted by Gasteiger charge is -2.03. The van der Waals surface area contributed by atoms with Crippen LogP contribution in [0, 0.1) is 11.3 Å². The van der Waals surface area contributed by atoms with E-state index < -0.39 is 0 Å². The molecule has 1 aromatic rings. The van der Waals surface area contributed by atoms with Crippen molar-refractivity contribution in [1.29, 1.82) is 5.26 Å². The Morgan fingerprint density at radius 1 is 1.13 bits per heavy atom. The smallest absolute Gasteiger partial charge is 0.0841 e. The van der Waals surface area contributed by atoms with Crippen molar-refractivity contribution in [2.24, 2.45) is 0 Å². The number of aryl methyl sites for hydroxylation is 1. The summed E-state index contributed by atoms with van der Waals surface area (Å²) in [4.78, 5) is 0. The van der Waals surface area contributed by atoms with E-state index in [0.717, 1.165) is 19.4 Å². The predicted molar refractivity (Wildman–Crippen MR) is 62.6 cm³/mol. The van der Waals surface area contributed by atoms with E-state index in [1.807, 2.05) is 0 Å². The normalized spacial score (nSPS) is 9.87. The molecule has 0 bridgehead atoms. The Hall–Kier alpha value is -1.33. The second kappa shape index (κ2) is 7.03. The first-order chi connectivity index (χ1) is 7.36. The van der Waals surface area contributed by atoms with Gasteiger partial charge in [-0.05, 0) is 24.0 Å². The van der Waals surface area contributed by atoms with Crippen LogP contribution in [0.2, 0.25) is 0 Å². The van der Waals surface area contributed by atoms with Crippen LogP contribution >= 0.6 is 0 Å². The van der Waals surface area contributed by atoms with E-state index in [9.17, 15) is 0 Å². The number of hydrogen-bond donors (Lipinski definition) is 1. The molecule has 0 fully saturated rings. The van der Waals surface area contributed by atoms with Crippen molar-refractivity contribution < 1.29 is 0 Å². The molecule has 0 saturated heterocycles. The van der Waals surface area contributed by atoms with Gasteiger partial charge in [-0.25, -0.2) is 0 Å². The zero-order valence-electron chi connectivity index (χ0n) is 9.29. The van der Waals surface area contributed by atoms with Gasteiger partial charge in [0.1, 0.15) is 0 Å². The SMILES string of the molecule is CCCc1ccc(CCNCC#N)cc1. The number of benzene rings is 1. The van der Waals surface area contributed by atoms with Crippen LogP contribution < -0.4 is 5.32 Å². The van der Waals surface area contributed by atoms with E-state index in [1.54, 1.807) is 0 Å². The average molecular weight is 202 g/mol. The van der Waals surface area contributed by atoms with Crippen LogP contribution in [0.1, 0.15) is 24.5 Å². The maximum Gasteiger partial charge on any atom is 0.0841 e. The predicted octanol–water partition coefficient (Wildman–Crippen LogP) is 2.29. The maximum absolute atomic E-state index is 8.35. The fourth-order valence-electron chi connectivity index (χ4n) is 1.54. The van der Waals surface area contributed by atoms with Crippen molar-refractivity contribution in [3.05, 3.63) is 35.4 Å². The minimum atomic E-state index is 0.438. The number of rotatable bonds is 6. The minimum absolute atomic E-state index is 0.438. The van der Waals surface area contributed by atoms with Crippen LogP contribution in [0.3, 0.4) is 0 Å². The second-order valence-electron chi connectivity index (χ2n) is 3.65. The summed E-state index contributed by atoms with van der Waals surface area (Å²) in [5.41, 5.74) is 2.74. The van der Waals surface area contributed by atoms with Gasteiger partial charge < -0.3 is 5.32 Å². The highest BCUT2D eigenvalue weighted by Crippen LogP contribution is 2.06. The second-order valence-corrected chi connectivity index (χ2v) is 3.65. The van der Waals surface area contributed by atoms with Crippen molar-refractivity contribution in [3.63, 3.8) is 0 Å². The zero-order chi connectivity index (χ0) is 10.9.